The lowest BCUT2D eigenvalue weighted by atomic mass is 9.85. The number of amides is 1. The molecular weight excluding hydrogens is 343 g/mol. The van der Waals surface area contributed by atoms with Gasteiger partial charge in [0.25, 0.3) is 11.6 Å². The van der Waals surface area contributed by atoms with E-state index in [2.05, 4.69) is 21.2 Å². The summed E-state index contributed by atoms with van der Waals surface area (Å²) < 4.78 is 13.3. The van der Waals surface area contributed by atoms with E-state index < -0.39 is 16.6 Å². The van der Waals surface area contributed by atoms with Gasteiger partial charge in [0.05, 0.1) is 4.92 Å². The molecule has 21 heavy (non-hydrogen) atoms. The fourth-order valence-electron chi connectivity index (χ4n) is 2.68. The van der Waals surface area contributed by atoms with Gasteiger partial charge in [0.1, 0.15) is 11.4 Å². The van der Waals surface area contributed by atoms with E-state index in [0.717, 1.165) is 49.2 Å². The third-order valence-electron chi connectivity index (χ3n) is 3.82. The highest BCUT2D eigenvalue weighted by molar-refractivity contribution is 9.09. The summed E-state index contributed by atoms with van der Waals surface area (Å²) in [6.07, 6.45) is 3.97. The van der Waals surface area contributed by atoms with E-state index in [0.29, 0.717) is 5.92 Å². The predicted octanol–water partition coefficient (Wildman–Crippen LogP) is 3.42. The van der Waals surface area contributed by atoms with Crippen molar-refractivity contribution >= 4 is 27.5 Å². The molecule has 0 saturated heterocycles. The standard InChI is InChI=1S/C14H16BrFN2O3/c15-8-9-3-1-2-4-12(9)17-14(19)11-7-10(16)5-6-13(11)18(20)21/h5-7,9,12H,1-4,8H2,(H,17,19). The third kappa shape index (κ3) is 3.78. The van der Waals surface area contributed by atoms with Gasteiger partial charge in [0, 0.05) is 17.4 Å². The average Bonchev–Trinajstić information content (AvgIpc) is 2.47. The second kappa shape index (κ2) is 6.98. The Balaban J connectivity index is 2.19. The van der Waals surface area contributed by atoms with Crippen molar-refractivity contribution in [2.45, 2.75) is 31.7 Å². The first-order valence-electron chi connectivity index (χ1n) is 6.83. The fraction of sp³-hybridized carbons (Fsp3) is 0.500. The number of carbonyl (C=O) groups is 1. The van der Waals surface area contributed by atoms with Crippen LogP contribution in [0.25, 0.3) is 0 Å². The summed E-state index contributed by atoms with van der Waals surface area (Å²) in [5.41, 5.74) is -0.598. The highest BCUT2D eigenvalue weighted by atomic mass is 79.9. The van der Waals surface area contributed by atoms with Crippen molar-refractivity contribution in [3.8, 4) is 0 Å². The molecule has 0 heterocycles. The highest BCUT2D eigenvalue weighted by Crippen LogP contribution is 2.27. The topological polar surface area (TPSA) is 72.2 Å². The molecule has 1 N–H and O–H groups in total. The van der Waals surface area contributed by atoms with Crippen molar-refractivity contribution in [1.82, 2.24) is 5.32 Å². The Hall–Kier alpha value is -1.50. The summed E-state index contributed by atoms with van der Waals surface area (Å²) in [6, 6.07) is 2.89. The summed E-state index contributed by atoms with van der Waals surface area (Å²) in [7, 11) is 0. The molecule has 0 radical (unpaired) electrons. The number of nitrogens with one attached hydrogen (secondary N) is 1. The van der Waals surface area contributed by atoms with Gasteiger partial charge in [-0.3, -0.25) is 14.9 Å². The molecule has 1 fully saturated rings. The Labute approximate surface area is 130 Å². The van der Waals surface area contributed by atoms with Crippen molar-refractivity contribution in [3.63, 3.8) is 0 Å². The second-order valence-electron chi connectivity index (χ2n) is 5.20. The molecule has 2 atom stereocenters. The largest absolute Gasteiger partial charge is 0.349 e. The maximum atomic E-state index is 13.3. The van der Waals surface area contributed by atoms with Crippen LogP contribution in [0.5, 0.6) is 0 Å². The van der Waals surface area contributed by atoms with Crippen LogP contribution in [-0.4, -0.2) is 22.2 Å². The molecule has 2 rings (SSSR count). The van der Waals surface area contributed by atoms with Crippen molar-refractivity contribution < 1.29 is 14.1 Å². The van der Waals surface area contributed by atoms with Gasteiger partial charge in [-0.1, -0.05) is 28.8 Å². The number of halogens is 2. The Morgan fingerprint density at radius 1 is 1.43 bits per heavy atom. The van der Waals surface area contributed by atoms with E-state index in [9.17, 15) is 19.3 Å². The number of hydrogen-bond donors (Lipinski definition) is 1. The van der Waals surface area contributed by atoms with Gasteiger partial charge in [-0.15, -0.1) is 0 Å². The zero-order valence-corrected chi connectivity index (χ0v) is 12.9. The lowest BCUT2D eigenvalue weighted by Crippen LogP contribution is -2.42. The molecular formula is C14H16BrFN2O3. The van der Waals surface area contributed by atoms with Crippen LogP contribution in [0, 0.1) is 21.8 Å². The van der Waals surface area contributed by atoms with Crippen LogP contribution in [0.3, 0.4) is 0 Å². The smallest absolute Gasteiger partial charge is 0.282 e. The molecule has 0 aliphatic heterocycles. The van der Waals surface area contributed by atoms with E-state index in [1.165, 1.54) is 0 Å². The molecule has 0 spiro atoms. The number of hydrogen-bond acceptors (Lipinski definition) is 3. The van der Waals surface area contributed by atoms with Crippen LogP contribution in [0.1, 0.15) is 36.0 Å². The van der Waals surface area contributed by atoms with Crippen LogP contribution in [0.15, 0.2) is 18.2 Å². The number of alkyl halides is 1. The number of benzene rings is 1. The summed E-state index contributed by atoms with van der Waals surface area (Å²) in [6.45, 7) is 0. The van der Waals surface area contributed by atoms with Crippen LogP contribution in [0.2, 0.25) is 0 Å². The van der Waals surface area contributed by atoms with Gasteiger partial charge in [0.2, 0.25) is 0 Å². The number of nitrogens with zero attached hydrogens (tertiary/aromatic N) is 1. The van der Waals surface area contributed by atoms with Crippen molar-refractivity contribution in [2.75, 3.05) is 5.33 Å². The first-order valence-corrected chi connectivity index (χ1v) is 7.96. The Morgan fingerprint density at radius 2 is 2.14 bits per heavy atom. The van der Waals surface area contributed by atoms with Gasteiger partial charge in [-0.05, 0) is 30.9 Å². The summed E-state index contributed by atoms with van der Waals surface area (Å²) in [5, 5.41) is 14.5. The highest BCUT2D eigenvalue weighted by Gasteiger charge is 2.28. The maximum Gasteiger partial charge on any atom is 0.282 e. The Kier molecular flexibility index (Phi) is 5.27. The minimum absolute atomic E-state index is 0.0338. The molecule has 2 unspecified atom stereocenters. The Morgan fingerprint density at radius 3 is 2.81 bits per heavy atom. The minimum Gasteiger partial charge on any atom is -0.349 e. The lowest BCUT2D eigenvalue weighted by Gasteiger charge is -2.30. The molecule has 5 nitrogen and oxygen atoms in total. The SMILES string of the molecule is O=C(NC1CCCCC1CBr)c1cc(F)ccc1[N+](=O)[O-]. The third-order valence-corrected chi connectivity index (χ3v) is 4.66. The van der Waals surface area contributed by atoms with E-state index in [-0.39, 0.29) is 17.3 Å². The number of rotatable bonds is 4. The molecule has 0 aromatic heterocycles. The van der Waals surface area contributed by atoms with Crippen molar-refractivity contribution in [3.05, 3.63) is 39.7 Å². The first-order chi connectivity index (χ1) is 10.0. The molecule has 114 valence electrons. The monoisotopic (exact) mass is 358 g/mol. The first kappa shape index (κ1) is 15.9. The van der Waals surface area contributed by atoms with Crippen LogP contribution < -0.4 is 5.32 Å². The predicted molar refractivity (Wildman–Crippen MR) is 80.1 cm³/mol. The normalized spacial score (nSPS) is 21.8. The zero-order chi connectivity index (χ0) is 15.4. The summed E-state index contributed by atoms with van der Waals surface area (Å²) >= 11 is 3.43. The average molecular weight is 359 g/mol. The fourth-order valence-corrected chi connectivity index (χ4v) is 3.45. The number of carbonyl (C=O) groups excluding carboxylic acids is 1. The quantitative estimate of drug-likeness (QED) is 0.509. The van der Waals surface area contributed by atoms with Gasteiger partial charge in [-0.25, -0.2) is 4.39 Å². The van der Waals surface area contributed by atoms with Crippen LogP contribution in [0.4, 0.5) is 10.1 Å². The van der Waals surface area contributed by atoms with Gasteiger partial charge < -0.3 is 5.32 Å². The van der Waals surface area contributed by atoms with E-state index in [1.54, 1.807) is 0 Å². The molecule has 1 aromatic rings. The molecule has 1 saturated carbocycles. The van der Waals surface area contributed by atoms with Crippen molar-refractivity contribution in [2.24, 2.45) is 5.92 Å². The van der Waals surface area contributed by atoms with Crippen LogP contribution in [-0.2, 0) is 0 Å². The molecule has 7 heteroatoms. The molecule has 1 aliphatic carbocycles. The number of nitro groups is 1. The molecule has 1 aliphatic rings. The van der Waals surface area contributed by atoms with E-state index in [1.807, 2.05) is 0 Å². The minimum atomic E-state index is -0.669. The summed E-state index contributed by atoms with van der Waals surface area (Å²) in [5.74, 6) is -0.944. The van der Waals surface area contributed by atoms with E-state index in [4.69, 9.17) is 0 Å². The van der Waals surface area contributed by atoms with Gasteiger partial charge in [0.15, 0.2) is 0 Å². The van der Waals surface area contributed by atoms with Gasteiger partial charge >= 0.3 is 0 Å². The second-order valence-corrected chi connectivity index (χ2v) is 5.84. The molecule has 0 bridgehead atoms. The van der Waals surface area contributed by atoms with Gasteiger partial charge in [-0.2, -0.15) is 0 Å². The van der Waals surface area contributed by atoms with E-state index >= 15 is 0 Å². The summed E-state index contributed by atoms with van der Waals surface area (Å²) in [4.78, 5) is 22.5. The Bertz CT molecular complexity index is 553. The molecule has 1 amide bonds. The number of nitro benzene ring substituents is 1. The van der Waals surface area contributed by atoms with Crippen molar-refractivity contribution in [1.29, 1.82) is 0 Å². The molecule has 1 aromatic carbocycles. The zero-order valence-electron chi connectivity index (χ0n) is 11.4. The van der Waals surface area contributed by atoms with Crippen LogP contribution >= 0.6 is 15.9 Å². The lowest BCUT2D eigenvalue weighted by molar-refractivity contribution is -0.385. The maximum absolute atomic E-state index is 13.3.